The molecule has 190 valence electrons. The predicted molar refractivity (Wildman–Crippen MR) is 124 cm³/mol. The second-order valence-electron chi connectivity index (χ2n) is 8.83. The van der Waals surface area contributed by atoms with Crippen molar-refractivity contribution in [3.63, 3.8) is 0 Å². The van der Waals surface area contributed by atoms with Crippen LogP contribution in [0.15, 0.2) is 30.3 Å². The van der Waals surface area contributed by atoms with Crippen molar-refractivity contribution in [2.45, 2.75) is 38.2 Å². The molecule has 3 rings (SSSR count). The summed E-state index contributed by atoms with van der Waals surface area (Å²) in [4.78, 5) is 39.7. The molecule has 0 radical (unpaired) electrons. The Kier molecular flexibility index (Phi) is 7.71. The number of carbonyl (C=O) groups excluding carboxylic acids is 2. The van der Waals surface area contributed by atoms with Crippen LogP contribution in [0.1, 0.15) is 17.7 Å². The van der Waals surface area contributed by atoms with Crippen molar-refractivity contribution in [3.05, 3.63) is 41.6 Å². The normalized spacial score (nSPS) is 17.8. The third-order valence-corrected chi connectivity index (χ3v) is 5.49. The fourth-order valence-electron chi connectivity index (χ4n) is 3.86. The monoisotopic (exact) mass is 494 g/mol. The predicted octanol–water partition coefficient (Wildman–Crippen LogP) is 2.46. The number of aromatic nitrogens is 2. The van der Waals surface area contributed by atoms with Gasteiger partial charge < -0.3 is 24.8 Å². The van der Waals surface area contributed by atoms with E-state index in [1.807, 2.05) is 32.0 Å². The van der Waals surface area contributed by atoms with E-state index >= 15 is 0 Å². The first kappa shape index (κ1) is 26.0. The Morgan fingerprint density at radius 1 is 1.14 bits per heavy atom. The molecule has 12 heteroatoms. The van der Waals surface area contributed by atoms with Gasteiger partial charge in [-0.1, -0.05) is 12.1 Å². The number of alkyl halides is 3. The van der Waals surface area contributed by atoms with Crippen molar-refractivity contribution in [3.8, 4) is 5.75 Å². The molecule has 2 unspecified atom stereocenters. The van der Waals surface area contributed by atoms with Gasteiger partial charge in [-0.2, -0.15) is 4.98 Å². The van der Waals surface area contributed by atoms with Crippen molar-refractivity contribution in [2.75, 3.05) is 45.0 Å². The van der Waals surface area contributed by atoms with Gasteiger partial charge in [0.1, 0.15) is 17.6 Å². The van der Waals surface area contributed by atoms with E-state index in [-0.39, 0.29) is 36.6 Å². The van der Waals surface area contributed by atoms with Crippen molar-refractivity contribution in [2.24, 2.45) is 0 Å². The summed E-state index contributed by atoms with van der Waals surface area (Å²) in [5.41, 5.74) is 1.28. The highest BCUT2D eigenvalue weighted by molar-refractivity contribution is 5.89. The Balaban J connectivity index is 1.74. The SMILES string of the molecule is Cc1cc(N(C)C)nc(NC2CC(C(=O)N(C)C)N(C(=O)Cc3ccc(OC(F)(F)F)cc3)C2)n1. The molecule has 0 bridgehead atoms. The van der Waals surface area contributed by atoms with Crippen LogP contribution in [0.3, 0.4) is 0 Å². The number of nitrogens with zero attached hydrogens (tertiary/aromatic N) is 5. The average molecular weight is 495 g/mol. The molecule has 0 aliphatic carbocycles. The van der Waals surface area contributed by atoms with Crippen LogP contribution in [-0.2, 0) is 16.0 Å². The molecule has 1 aliphatic rings. The first-order valence-electron chi connectivity index (χ1n) is 11.0. The molecule has 0 saturated carbocycles. The number of benzene rings is 1. The number of anilines is 2. The summed E-state index contributed by atoms with van der Waals surface area (Å²) < 4.78 is 41.0. The Labute approximate surface area is 201 Å². The lowest BCUT2D eigenvalue weighted by Crippen LogP contribution is -2.46. The maximum atomic E-state index is 13.1. The third kappa shape index (κ3) is 6.96. The number of hydrogen-bond donors (Lipinski definition) is 1. The number of aryl methyl sites for hydroxylation is 1. The van der Waals surface area contributed by atoms with Crippen molar-refractivity contribution in [1.82, 2.24) is 19.8 Å². The molecule has 0 spiro atoms. The highest BCUT2D eigenvalue weighted by Crippen LogP contribution is 2.26. The van der Waals surface area contributed by atoms with E-state index < -0.39 is 12.4 Å². The molecule has 9 nitrogen and oxygen atoms in total. The molecule has 2 heterocycles. The molecule has 1 aromatic carbocycles. The Bertz CT molecular complexity index is 1060. The van der Waals surface area contributed by atoms with Crippen molar-refractivity contribution >= 4 is 23.6 Å². The van der Waals surface area contributed by atoms with Crippen LogP contribution in [0.4, 0.5) is 24.9 Å². The third-order valence-electron chi connectivity index (χ3n) is 5.49. The molecule has 2 aromatic rings. The lowest BCUT2D eigenvalue weighted by molar-refractivity contribution is -0.274. The van der Waals surface area contributed by atoms with Crippen LogP contribution in [0, 0.1) is 6.92 Å². The Hall–Kier alpha value is -3.57. The molecule has 1 saturated heterocycles. The number of nitrogens with one attached hydrogen (secondary N) is 1. The van der Waals surface area contributed by atoms with Crippen LogP contribution < -0.4 is 15.0 Å². The minimum atomic E-state index is -4.79. The molecule has 2 atom stereocenters. The first-order valence-corrected chi connectivity index (χ1v) is 11.0. The molecular weight excluding hydrogens is 465 g/mol. The second-order valence-corrected chi connectivity index (χ2v) is 8.83. The quantitative estimate of drug-likeness (QED) is 0.632. The van der Waals surface area contributed by atoms with Crippen molar-refractivity contribution in [1.29, 1.82) is 0 Å². The lowest BCUT2D eigenvalue weighted by atomic mass is 10.1. The van der Waals surface area contributed by atoms with E-state index in [0.717, 1.165) is 23.6 Å². The van der Waals surface area contributed by atoms with E-state index in [9.17, 15) is 22.8 Å². The number of ether oxygens (including phenoxy) is 1. The Morgan fingerprint density at radius 2 is 1.80 bits per heavy atom. The number of halogens is 3. The minimum absolute atomic E-state index is 0.0675. The zero-order chi connectivity index (χ0) is 25.9. The van der Waals surface area contributed by atoms with Crippen LogP contribution in [0.5, 0.6) is 5.75 Å². The summed E-state index contributed by atoms with van der Waals surface area (Å²) in [6.45, 7) is 2.11. The standard InChI is InChI=1S/C23H29F3N6O3/c1-14-10-19(30(2)3)29-22(27-14)28-16-12-18(21(34)31(4)5)32(13-16)20(33)11-15-6-8-17(9-7-15)35-23(24,25)26/h6-10,16,18H,11-13H2,1-5H3,(H,27,28,29). The van der Waals surface area contributed by atoms with Gasteiger partial charge in [-0.15, -0.1) is 13.2 Å². The van der Waals surface area contributed by atoms with Gasteiger partial charge >= 0.3 is 6.36 Å². The van der Waals surface area contributed by atoms with E-state index in [0.29, 0.717) is 17.9 Å². The largest absolute Gasteiger partial charge is 0.573 e. The van der Waals surface area contributed by atoms with Gasteiger partial charge in [0.15, 0.2) is 0 Å². The maximum Gasteiger partial charge on any atom is 0.573 e. The molecule has 1 aliphatic heterocycles. The van der Waals surface area contributed by atoms with E-state index in [1.165, 1.54) is 21.9 Å². The van der Waals surface area contributed by atoms with E-state index in [1.54, 1.807) is 14.1 Å². The summed E-state index contributed by atoms with van der Waals surface area (Å²) in [5, 5.41) is 3.24. The van der Waals surface area contributed by atoms with Crippen LogP contribution in [0.25, 0.3) is 0 Å². The number of hydrogen-bond acceptors (Lipinski definition) is 7. The summed E-state index contributed by atoms with van der Waals surface area (Å²) in [6, 6.07) is 6.02. The van der Waals surface area contributed by atoms with Gasteiger partial charge in [0.05, 0.1) is 6.42 Å². The first-order chi connectivity index (χ1) is 16.3. The van der Waals surface area contributed by atoms with Crippen LogP contribution in [0.2, 0.25) is 0 Å². The van der Waals surface area contributed by atoms with Gasteiger partial charge in [0.25, 0.3) is 0 Å². The molecule has 2 amide bonds. The summed E-state index contributed by atoms with van der Waals surface area (Å²) in [7, 11) is 6.99. The second kappa shape index (κ2) is 10.4. The number of likely N-dealkylation sites (N-methyl/N-ethyl adjacent to an activating group) is 1. The topological polar surface area (TPSA) is 90.9 Å². The number of rotatable bonds is 7. The van der Waals surface area contributed by atoms with Gasteiger partial charge in [-0.05, 0) is 31.0 Å². The van der Waals surface area contributed by atoms with Gasteiger partial charge in [-0.3, -0.25) is 9.59 Å². The lowest BCUT2D eigenvalue weighted by Gasteiger charge is -2.26. The van der Waals surface area contributed by atoms with Gasteiger partial charge in [0, 0.05) is 52.5 Å². The molecular formula is C23H29F3N6O3. The van der Waals surface area contributed by atoms with E-state index in [4.69, 9.17) is 0 Å². The maximum absolute atomic E-state index is 13.1. The number of likely N-dealkylation sites (tertiary alicyclic amines) is 1. The fourth-order valence-corrected chi connectivity index (χ4v) is 3.86. The molecule has 1 N–H and O–H groups in total. The summed E-state index contributed by atoms with van der Waals surface area (Å²) in [6.07, 6.45) is -4.49. The Morgan fingerprint density at radius 3 is 2.37 bits per heavy atom. The smallest absolute Gasteiger partial charge is 0.406 e. The highest BCUT2D eigenvalue weighted by atomic mass is 19.4. The van der Waals surface area contributed by atoms with E-state index in [2.05, 4.69) is 20.0 Å². The van der Waals surface area contributed by atoms with Gasteiger partial charge in [-0.25, -0.2) is 4.98 Å². The summed E-state index contributed by atoms with van der Waals surface area (Å²) >= 11 is 0. The fraction of sp³-hybridized carbons (Fsp3) is 0.478. The van der Waals surface area contributed by atoms with Crippen LogP contribution >= 0.6 is 0 Å². The average Bonchev–Trinajstić information content (AvgIpc) is 3.16. The zero-order valence-corrected chi connectivity index (χ0v) is 20.3. The zero-order valence-electron chi connectivity index (χ0n) is 20.3. The summed E-state index contributed by atoms with van der Waals surface area (Å²) in [5.74, 6) is 0.248. The minimum Gasteiger partial charge on any atom is -0.406 e. The number of carbonyl (C=O) groups is 2. The molecule has 1 aromatic heterocycles. The molecule has 1 fully saturated rings. The molecule has 35 heavy (non-hydrogen) atoms. The van der Waals surface area contributed by atoms with Gasteiger partial charge in [0.2, 0.25) is 17.8 Å². The van der Waals surface area contributed by atoms with Crippen LogP contribution in [-0.4, -0.2) is 84.8 Å². The highest BCUT2D eigenvalue weighted by Gasteiger charge is 2.40. The number of amides is 2. The van der Waals surface area contributed by atoms with Crippen molar-refractivity contribution < 1.29 is 27.5 Å².